The maximum absolute atomic E-state index is 13.6. The van der Waals surface area contributed by atoms with Crippen molar-refractivity contribution in [3.63, 3.8) is 0 Å². The van der Waals surface area contributed by atoms with Crippen LogP contribution in [0.3, 0.4) is 0 Å². The van der Waals surface area contributed by atoms with Crippen molar-refractivity contribution in [2.45, 2.75) is 43.5 Å². The van der Waals surface area contributed by atoms with E-state index in [2.05, 4.69) is 9.88 Å². The van der Waals surface area contributed by atoms with Crippen LogP contribution in [-0.4, -0.2) is 68.3 Å². The molecule has 1 fully saturated rings. The average molecular weight is 572 g/mol. The molecule has 0 radical (unpaired) electrons. The summed E-state index contributed by atoms with van der Waals surface area (Å²) in [5.74, 6) is -0.204. The molecule has 1 aliphatic rings. The number of piperidine rings is 1. The highest BCUT2D eigenvalue weighted by Gasteiger charge is 2.31. The lowest BCUT2D eigenvalue weighted by Gasteiger charge is -2.32. The second kappa shape index (κ2) is 12.2. The van der Waals surface area contributed by atoms with Crippen molar-refractivity contribution in [1.29, 1.82) is 0 Å². The molecular formula is C25H32Cl2N4O3S2. The first-order valence-electron chi connectivity index (χ1n) is 11.8. The lowest BCUT2D eigenvalue weighted by atomic mass is 10.1. The number of carbonyl (C=O) groups excluding carboxylic acids is 1. The quantitative estimate of drug-likeness (QED) is 0.356. The Morgan fingerprint density at radius 3 is 2.53 bits per heavy atom. The molecule has 0 spiro atoms. The molecule has 1 atom stereocenters. The molecule has 1 aliphatic heterocycles. The Morgan fingerprint density at radius 2 is 1.86 bits per heavy atom. The van der Waals surface area contributed by atoms with Gasteiger partial charge in [0, 0.05) is 29.7 Å². The van der Waals surface area contributed by atoms with E-state index in [0.29, 0.717) is 28.8 Å². The molecular weight excluding hydrogens is 539 g/mol. The highest BCUT2D eigenvalue weighted by atomic mass is 35.5. The first kappa shape index (κ1) is 28.8. The van der Waals surface area contributed by atoms with Crippen LogP contribution >= 0.6 is 35.3 Å². The van der Waals surface area contributed by atoms with Gasteiger partial charge in [-0.05, 0) is 89.3 Å². The summed E-state index contributed by atoms with van der Waals surface area (Å²) >= 11 is 7.56. The van der Waals surface area contributed by atoms with E-state index >= 15 is 0 Å². The summed E-state index contributed by atoms with van der Waals surface area (Å²) < 4.78 is 28.8. The molecule has 7 nitrogen and oxygen atoms in total. The first-order valence-corrected chi connectivity index (χ1v) is 14.4. The van der Waals surface area contributed by atoms with Gasteiger partial charge in [-0.3, -0.25) is 9.69 Å². The van der Waals surface area contributed by atoms with Crippen molar-refractivity contribution >= 4 is 66.6 Å². The van der Waals surface area contributed by atoms with Crippen molar-refractivity contribution in [3.05, 3.63) is 53.1 Å². The van der Waals surface area contributed by atoms with Crippen LogP contribution in [0.25, 0.3) is 10.2 Å². The van der Waals surface area contributed by atoms with Crippen molar-refractivity contribution in [3.8, 4) is 0 Å². The number of fused-ring (bicyclic) bond motifs is 1. The number of hydrogen-bond acceptors (Lipinski definition) is 6. The number of halogens is 2. The monoisotopic (exact) mass is 570 g/mol. The summed E-state index contributed by atoms with van der Waals surface area (Å²) in [5.41, 5.74) is 1.22. The Bertz CT molecular complexity index is 1300. The van der Waals surface area contributed by atoms with Crippen molar-refractivity contribution < 1.29 is 13.2 Å². The Morgan fingerprint density at radius 1 is 1.14 bits per heavy atom. The molecule has 1 unspecified atom stereocenters. The van der Waals surface area contributed by atoms with E-state index in [4.69, 9.17) is 11.6 Å². The number of anilines is 1. The Hall–Kier alpha value is -1.75. The zero-order valence-corrected chi connectivity index (χ0v) is 23.9. The van der Waals surface area contributed by atoms with Gasteiger partial charge in [0.25, 0.3) is 5.91 Å². The number of thiazole rings is 1. The van der Waals surface area contributed by atoms with E-state index in [1.54, 1.807) is 39.5 Å². The van der Waals surface area contributed by atoms with E-state index in [9.17, 15) is 13.2 Å². The third-order valence-electron chi connectivity index (χ3n) is 6.25. The predicted molar refractivity (Wildman–Crippen MR) is 150 cm³/mol. The Balaban J connectivity index is 0.00000361. The number of carbonyl (C=O) groups is 1. The van der Waals surface area contributed by atoms with Crippen LogP contribution in [0.1, 0.15) is 43.0 Å². The fourth-order valence-corrected chi connectivity index (χ4v) is 7.29. The summed E-state index contributed by atoms with van der Waals surface area (Å²) in [6.07, 6.45) is 3.55. The summed E-state index contributed by atoms with van der Waals surface area (Å²) in [7, 11) is 0.397. The number of aromatic nitrogens is 1. The van der Waals surface area contributed by atoms with Gasteiger partial charge in [-0.1, -0.05) is 29.4 Å². The minimum atomic E-state index is -3.59. The zero-order valence-electron chi connectivity index (χ0n) is 20.7. The smallest absolute Gasteiger partial charge is 0.260 e. The lowest BCUT2D eigenvalue weighted by Crippen LogP contribution is -2.41. The van der Waals surface area contributed by atoms with E-state index in [-0.39, 0.29) is 29.3 Å². The van der Waals surface area contributed by atoms with Crippen molar-refractivity contribution in [2.75, 3.05) is 38.6 Å². The molecule has 196 valence electrons. The van der Waals surface area contributed by atoms with E-state index in [1.807, 2.05) is 33.2 Å². The second-order valence-electron chi connectivity index (χ2n) is 9.21. The van der Waals surface area contributed by atoms with Crippen LogP contribution in [0, 0.1) is 0 Å². The SMILES string of the molecule is CC1CCCCN1S(=O)(=O)c1ccc(C(=O)N(CCCN(C)C)c2nc3ccc(Cl)cc3s2)cc1.Cl. The van der Waals surface area contributed by atoms with Gasteiger partial charge in [-0.25, -0.2) is 13.4 Å². The fraction of sp³-hybridized carbons (Fsp3) is 0.440. The minimum absolute atomic E-state index is 0. The predicted octanol–water partition coefficient (Wildman–Crippen LogP) is 5.53. The summed E-state index contributed by atoms with van der Waals surface area (Å²) in [6, 6.07) is 11.8. The highest BCUT2D eigenvalue weighted by molar-refractivity contribution is 7.89. The number of amides is 1. The van der Waals surface area contributed by atoms with Crippen LogP contribution < -0.4 is 4.90 Å². The number of sulfonamides is 1. The lowest BCUT2D eigenvalue weighted by molar-refractivity contribution is 0.0986. The topological polar surface area (TPSA) is 73.8 Å². The molecule has 4 rings (SSSR count). The van der Waals surface area contributed by atoms with Crippen molar-refractivity contribution in [2.24, 2.45) is 0 Å². The number of hydrogen-bond donors (Lipinski definition) is 0. The molecule has 0 bridgehead atoms. The third-order valence-corrected chi connectivity index (χ3v) is 9.56. The molecule has 0 saturated carbocycles. The molecule has 1 aromatic heterocycles. The molecule has 11 heteroatoms. The number of benzene rings is 2. The molecule has 0 aliphatic carbocycles. The van der Waals surface area contributed by atoms with Gasteiger partial charge in [0.2, 0.25) is 10.0 Å². The van der Waals surface area contributed by atoms with Gasteiger partial charge in [0.15, 0.2) is 5.13 Å². The van der Waals surface area contributed by atoms with Gasteiger partial charge < -0.3 is 4.90 Å². The van der Waals surface area contributed by atoms with Crippen LogP contribution in [0.2, 0.25) is 5.02 Å². The molecule has 3 aromatic rings. The van der Waals surface area contributed by atoms with Crippen LogP contribution in [0.5, 0.6) is 0 Å². The zero-order chi connectivity index (χ0) is 25.2. The second-order valence-corrected chi connectivity index (χ2v) is 12.5. The standard InChI is InChI=1S/C25H31ClN4O3S2.ClH/c1-18-7-4-5-16-30(18)35(32,33)21-11-8-19(9-12-21)24(31)29(15-6-14-28(2)3)25-27-22-13-10-20(26)17-23(22)34-25;/h8-13,17-18H,4-7,14-16H2,1-3H3;1H. The average Bonchev–Trinajstić information content (AvgIpc) is 3.24. The summed E-state index contributed by atoms with van der Waals surface area (Å²) in [6.45, 7) is 3.80. The van der Waals surface area contributed by atoms with E-state index < -0.39 is 10.0 Å². The first-order chi connectivity index (χ1) is 16.7. The van der Waals surface area contributed by atoms with E-state index in [1.165, 1.54) is 11.3 Å². The van der Waals surface area contributed by atoms with Crippen LogP contribution in [0.15, 0.2) is 47.4 Å². The molecule has 2 aromatic carbocycles. The molecule has 36 heavy (non-hydrogen) atoms. The van der Waals surface area contributed by atoms with Gasteiger partial charge in [-0.15, -0.1) is 12.4 Å². The maximum atomic E-state index is 13.6. The Kier molecular flexibility index (Phi) is 9.76. The van der Waals surface area contributed by atoms with Crippen LogP contribution in [0.4, 0.5) is 5.13 Å². The van der Waals surface area contributed by atoms with Gasteiger partial charge in [0.05, 0.1) is 15.1 Å². The third kappa shape index (κ3) is 6.38. The van der Waals surface area contributed by atoms with Gasteiger partial charge in [-0.2, -0.15) is 4.31 Å². The van der Waals surface area contributed by atoms with E-state index in [0.717, 1.165) is 42.4 Å². The maximum Gasteiger partial charge on any atom is 0.260 e. The number of nitrogens with zero attached hydrogens (tertiary/aromatic N) is 4. The summed E-state index contributed by atoms with van der Waals surface area (Å²) in [4.78, 5) is 22.2. The molecule has 1 amide bonds. The number of rotatable bonds is 8. The van der Waals surface area contributed by atoms with Crippen molar-refractivity contribution in [1.82, 2.24) is 14.2 Å². The normalized spacial score (nSPS) is 16.8. The molecule has 1 saturated heterocycles. The summed E-state index contributed by atoms with van der Waals surface area (Å²) in [5, 5.41) is 1.22. The van der Waals surface area contributed by atoms with Crippen LogP contribution in [-0.2, 0) is 10.0 Å². The Labute approximate surface area is 228 Å². The molecule has 2 heterocycles. The highest BCUT2D eigenvalue weighted by Crippen LogP contribution is 2.32. The molecule has 0 N–H and O–H groups in total. The fourth-order valence-electron chi connectivity index (χ4n) is 4.32. The van der Waals surface area contributed by atoms with Gasteiger partial charge in [0.1, 0.15) is 0 Å². The van der Waals surface area contributed by atoms with Gasteiger partial charge >= 0.3 is 0 Å². The minimum Gasteiger partial charge on any atom is -0.309 e. The largest absolute Gasteiger partial charge is 0.309 e.